The molecular formula is C13H24N2O2. The number of rotatable bonds is 7. The van der Waals surface area contributed by atoms with Crippen LogP contribution in [0.3, 0.4) is 0 Å². The highest BCUT2D eigenvalue weighted by Gasteiger charge is 2.24. The minimum absolute atomic E-state index is 0.144. The highest BCUT2D eigenvalue weighted by atomic mass is 16.5. The maximum Gasteiger partial charge on any atom is 0.0947 e. The van der Waals surface area contributed by atoms with Crippen LogP contribution in [0.15, 0.2) is 23.0 Å². The lowest BCUT2D eigenvalue weighted by atomic mass is 9.97. The average molecular weight is 240 g/mol. The highest BCUT2D eigenvalue weighted by Crippen LogP contribution is 2.19. The molecule has 4 nitrogen and oxygen atoms in total. The van der Waals surface area contributed by atoms with Crippen molar-refractivity contribution >= 4 is 0 Å². The summed E-state index contributed by atoms with van der Waals surface area (Å²) in [6.07, 6.45) is 4.37. The van der Waals surface area contributed by atoms with Crippen molar-refractivity contribution in [3.05, 3.63) is 24.2 Å². The van der Waals surface area contributed by atoms with Gasteiger partial charge in [-0.1, -0.05) is 0 Å². The normalized spacial score (nSPS) is 14.2. The summed E-state index contributed by atoms with van der Waals surface area (Å²) in [6, 6.07) is 2.28. The molecule has 1 aromatic heterocycles. The molecule has 0 saturated carbocycles. The first-order valence-corrected chi connectivity index (χ1v) is 5.95. The zero-order valence-electron chi connectivity index (χ0n) is 11.3. The standard InChI is InChI=1S/C13H24N2O2/c1-13(2,16-4)7-12(8-14)15(3)9-11-5-6-17-10-11/h5-6,10,12H,7-9,14H2,1-4H3. The van der Waals surface area contributed by atoms with Gasteiger partial charge < -0.3 is 14.9 Å². The van der Waals surface area contributed by atoms with E-state index in [1.807, 2.05) is 6.07 Å². The van der Waals surface area contributed by atoms with Crippen LogP contribution in [0.2, 0.25) is 0 Å². The van der Waals surface area contributed by atoms with Gasteiger partial charge in [-0.2, -0.15) is 0 Å². The molecule has 0 bridgehead atoms. The van der Waals surface area contributed by atoms with Crippen LogP contribution >= 0.6 is 0 Å². The summed E-state index contributed by atoms with van der Waals surface area (Å²) in [5, 5.41) is 0. The van der Waals surface area contributed by atoms with Gasteiger partial charge in [0.25, 0.3) is 0 Å². The number of ether oxygens (including phenoxy) is 1. The Bertz CT molecular complexity index is 309. The first kappa shape index (κ1) is 14.2. The van der Waals surface area contributed by atoms with Gasteiger partial charge in [0.05, 0.1) is 18.1 Å². The topological polar surface area (TPSA) is 51.6 Å². The molecule has 1 heterocycles. The SMILES string of the molecule is COC(C)(C)CC(CN)N(C)Cc1ccoc1. The zero-order chi connectivity index (χ0) is 12.9. The Labute approximate surface area is 104 Å². The third-order valence-corrected chi connectivity index (χ3v) is 3.19. The van der Waals surface area contributed by atoms with E-state index in [0.29, 0.717) is 12.6 Å². The number of likely N-dealkylation sites (N-methyl/N-ethyl adjacent to an activating group) is 1. The van der Waals surface area contributed by atoms with Crippen molar-refractivity contribution in [2.24, 2.45) is 5.73 Å². The Kier molecular flexibility index (Phi) is 5.18. The van der Waals surface area contributed by atoms with Crippen molar-refractivity contribution in [3.8, 4) is 0 Å². The van der Waals surface area contributed by atoms with Gasteiger partial charge in [-0.15, -0.1) is 0 Å². The molecular weight excluding hydrogens is 216 g/mol. The second-order valence-corrected chi connectivity index (χ2v) is 5.10. The van der Waals surface area contributed by atoms with Crippen LogP contribution < -0.4 is 5.73 Å². The fraction of sp³-hybridized carbons (Fsp3) is 0.692. The summed E-state index contributed by atoms with van der Waals surface area (Å²) < 4.78 is 10.5. The predicted molar refractivity (Wildman–Crippen MR) is 68.7 cm³/mol. The number of nitrogens with zero attached hydrogens (tertiary/aromatic N) is 1. The van der Waals surface area contributed by atoms with E-state index in [-0.39, 0.29) is 5.60 Å². The van der Waals surface area contributed by atoms with Gasteiger partial charge in [-0.05, 0) is 33.4 Å². The maximum atomic E-state index is 5.84. The molecule has 0 amide bonds. The molecule has 0 spiro atoms. The van der Waals surface area contributed by atoms with Gasteiger partial charge in [0, 0.05) is 31.8 Å². The van der Waals surface area contributed by atoms with E-state index in [1.165, 1.54) is 5.56 Å². The van der Waals surface area contributed by atoms with Gasteiger partial charge in [0.1, 0.15) is 0 Å². The van der Waals surface area contributed by atoms with Gasteiger partial charge in [-0.25, -0.2) is 0 Å². The summed E-state index contributed by atoms with van der Waals surface area (Å²) in [6.45, 7) is 5.64. The zero-order valence-corrected chi connectivity index (χ0v) is 11.3. The van der Waals surface area contributed by atoms with Crippen molar-refractivity contribution in [1.29, 1.82) is 0 Å². The van der Waals surface area contributed by atoms with Crippen molar-refractivity contribution in [3.63, 3.8) is 0 Å². The number of hydrogen-bond donors (Lipinski definition) is 1. The Hall–Kier alpha value is -0.840. The largest absolute Gasteiger partial charge is 0.472 e. The molecule has 1 unspecified atom stereocenters. The molecule has 0 radical (unpaired) electrons. The molecule has 1 aromatic rings. The monoisotopic (exact) mass is 240 g/mol. The molecule has 1 rings (SSSR count). The third-order valence-electron chi connectivity index (χ3n) is 3.19. The van der Waals surface area contributed by atoms with Crippen LogP contribution in [0.25, 0.3) is 0 Å². The molecule has 0 aliphatic heterocycles. The van der Waals surface area contributed by atoms with Crippen LogP contribution in [0.5, 0.6) is 0 Å². The first-order valence-electron chi connectivity index (χ1n) is 5.95. The fourth-order valence-electron chi connectivity index (χ4n) is 1.87. The summed E-state index contributed by atoms with van der Waals surface area (Å²) in [5.41, 5.74) is 6.87. The molecule has 0 aliphatic carbocycles. The maximum absolute atomic E-state index is 5.84. The van der Waals surface area contributed by atoms with Crippen LogP contribution in [0.1, 0.15) is 25.8 Å². The van der Waals surface area contributed by atoms with Gasteiger partial charge >= 0.3 is 0 Å². The van der Waals surface area contributed by atoms with Gasteiger partial charge in [-0.3, -0.25) is 4.90 Å². The number of furan rings is 1. The fourth-order valence-corrected chi connectivity index (χ4v) is 1.87. The Balaban J connectivity index is 2.55. The molecule has 0 saturated heterocycles. The quantitative estimate of drug-likeness (QED) is 0.790. The molecule has 2 N–H and O–H groups in total. The summed E-state index contributed by atoms with van der Waals surface area (Å²) >= 11 is 0. The van der Waals surface area contributed by atoms with E-state index in [4.69, 9.17) is 14.9 Å². The van der Waals surface area contributed by atoms with Gasteiger partial charge in [0.2, 0.25) is 0 Å². The lowest BCUT2D eigenvalue weighted by molar-refractivity contribution is -0.00540. The smallest absolute Gasteiger partial charge is 0.0947 e. The van der Waals surface area contributed by atoms with Crippen molar-refractivity contribution in [2.45, 2.75) is 38.5 Å². The second-order valence-electron chi connectivity index (χ2n) is 5.10. The minimum Gasteiger partial charge on any atom is -0.472 e. The Morgan fingerprint density at radius 3 is 2.71 bits per heavy atom. The molecule has 0 fully saturated rings. The van der Waals surface area contributed by atoms with Crippen LogP contribution in [-0.4, -0.2) is 37.2 Å². The molecule has 17 heavy (non-hydrogen) atoms. The number of methoxy groups -OCH3 is 1. The van der Waals surface area contributed by atoms with E-state index in [2.05, 4.69) is 25.8 Å². The first-order chi connectivity index (χ1) is 7.98. The lowest BCUT2D eigenvalue weighted by Crippen LogP contribution is -2.43. The van der Waals surface area contributed by atoms with E-state index in [1.54, 1.807) is 19.6 Å². The Morgan fingerprint density at radius 2 is 2.24 bits per heavy atom. The van der Waals surface area contributed by atoms with Gasteiger partial charge in [0.15, 0.2) is 0 Å². The van der Waals surface area contributed by atoms with E-state index < -0.39 is 0 Å². The Morgan fingerprint density at radius 1 is 1.53 bits per heavy atom. The van der Waals surface area contributed by atoms with Crippen LogP contribution in [0.4, 0.5) is 0 Å². The summed E-state index contributed by atoms with van der Waals surface area (Å²) in [4.78, 5) is 2.24. The predicted octanol–water partition coefficient (Wildman–Crippen LogP) is 1.85. The third kappa shape index (κ3) is 4.50. The van der Waals surface area contributed by atoms with Crippen molar-refractivity contribution in [1.82, 2.24) is 4.90 Å². The van der Waals surface area contributed by atoms with E-state index in [9.17, 15) is 0 Å². The van der Waals surface area contributed by atoms with E-state index >= 15 is 0 Å². The van der Waals surface area contributed by atoms with E-state index in [0.717, 1.165) is 13.0 Å². The molecule has 1 atom stereocenters. The molecule has 0 aromatic carbocycles. The average Bonchev–Trinajstić information content (AvgIpc) is 2.78. The molecule has 4 heteroatoms. The summed E-state index contributed by atoms with van der Waals surface area (Å²) in [5.74, 6) is 0. The van der Waals surface area contributed by atoms with Crippen molar-refractivity contribution in [2.75, 3.05) is 20.7 Å². The second kappa shape index (κ2) is 6.19. The molecule has 98 valence electrons. The van der Waals surface area contributed by atoms with Crippen molar-refractivity contribution < 1.29 is 9.15 Å². The lowest BCUT2D eigenvalue weighted by Gasteiger charge is -2.33. The van der Waals surface area contributed by atoms with Crippen LogP contribution in [-0.2, 0) is 11.3 Å². The highest BCUT2D eigenvalue weighted by molar-refractivity contribution is 5.05. The van der Waals surface area contributed by atoms with Crippen LogP contribution in [0, 0.1) is 0 Å². The minimum atomic E-state index is -0.144. The molecule has 0 aliphatic rings. The number of hydrogen-bond acceptors (Lipinski definition) is 4. The number of nitrogens with two attached hydrogens (primary N) is 1. The summed E-state index contributed by atoms with van der Waals surface area (Å²) in [7, 11) is 3.82.